The lowest BCUT2D eigenvalue weighted by atomic mass is 9.95. The second-order valence-corrected chi connectivity index (χ2v) is 5.66. The van der Waals surface area contributed by atoms with Gasteiger partial charge >= 0.3 is 6.09 Å². The molecule has 0 saturated carbocycles. The fourth-order valence-electron chi connectivity index (χ4n) is 2.21. The minimum absolute atomic E-state index is 0.0352. The molecule has 0 aromatic heterocycles. The molecular weight excluding hydrogens is 290 g/mol. The van der Waals surface area contributed by atoms with E-state index in [9.17, 15) is 9.59 Å². The molecule has 2 aromatic carbocycles. The van der Waals surface area contributed by atoms with Crippen LogP contribution in [0.4, 0.5) is 4.79 Å². The first-order valence-electron chi connectivity index (χ1n) is 7.64. The monoisotopic (exact) mass is 311 g/mol. The van der Waals surface area contributed by atoms with E-state index in [-0.39, 0.29) is 18.3 Å². The van der Waals surface area contributed by atoms with Gasteiger partial charge in [0.05, 0.1) is 6.04 Å². The first-order chi connectivity index (χ1) is 11.1. The van der Waals surface area contributed by atoms with Crippen molar-refractivity contribution in [2.75, 3.05) is 0 Å². The number of carbonyl (C=O) groups excluding carboxylic acids is 2. The van der Waals surface area contributed by atoms with Crippen molar-refractivity contribution in [3.63, 3.8) is 0 Å². The molecule has 2 aromatic rings. The van der Waals surface area contributed by atoms with Crippen LogP contribution < -0.4 is 5.32 Å². The number of rotatable bonds is 6. The standard InChI is InChI=1S/C19H21NO3/c1-14(2)17(18(21)16-11-7-4-8-12-16)20-19(22)23-13-15-9-5-3-6-10-15/h3-12,14,17H,13H2,1-2H3,(H,20,22). The van der Waals surface area contributed by atoms with Crippen LogP contribution in [0.5, 0.6) is 0 Å². The minimum atomic E-state index is -0.610. The average Bonchev–Trinajstić information content (AvgIpc) is 2.58. The largest absolute Gasteiger partial charge is 0.445 e. The van der Waals surface area contributed by atoms with E-state index in [2.05, 4.69) is 5.32 Å². The van der Waals surface area contributed by atoms with Gasteiger partial charge in [-0.1, -0.05) is 74.5 Å². The zero-order valence-corrected chi connectivity index (χ0v) is 13.4. The summed E-state index contributed by atoms with van der Waals surface area (Å²) in [7, 11) is 0. The number of benzene rings is 2. The SMILES string of the molecule is CC(C)C(NC(=O)OCc1ccccc1)C(=O)c1ccccc1. The first kappa shape index (κ1) is 16.7. The maximum Gasteiger partial charge on any atom is 0.408 e. The first-order valence-corrected chi connectivity index (χ1v) is 7.64. The lowest BCUT2D eigenvalue weighted by Gasteiger charge is -2.21. The maximum atomic E-state index is 12.5. The van der Waals surface area contributed by atoms with Gasteiger partial charge in [0.15, 0.2) is 5.78 Å². The van der Waals surface area contributed by atoms with E-state index in [1.807, 2.05) is 50.2 Å². The second-order valence-electron chi connectivity index (χ2n) is 5.66. The minimum Gasteiger partial charge on any atom is -0.445 e. The van der Waals surface area contributed by atoms with Gasteiger partial charge in [-0.3, -0.25) is 4.79 Å². The average molecular weight is 311 g/mol. The molecule has 0 saturated heterocycles. The Hall–Kier alpha value is -2.62. The van der Waals surface area contributed by atoms with E-state index in [0.29, 0.717) is 5.56 Å². The predicted molar refractivity (Wildman–Crippen MR) is 89.2 cm³/mol. The van der Waals surface area contributed by atoms with E-state index in [1.54, 1.807) is 24.3 Å². The summed E-state index contributed by atoms with van der Waals surface area (Å²) in [6.07, 6.45) is -0.586. The molecule has 0 heterocycles. The molecule has 0 bridgehead atoms. The summed E-state index contributed by atoms with van der Waals surface area (Å²) < 4.78 is 5.19. The maximum absolute atomic E-state index is 12.5. The molecule has 0 aliphatic heterocycles. The second kappa shape index (κ2) is 8.13. The Labute approximate surface area is 136 Å². The Morgan fingerprint density at radius 3 is 2.09 bits per heavy atom. The highest BCUT2D eigenvalue weighted by Crippen LogP contribution is 2.11. The third kappa shape index (κ3) is 4.95. The number of Topliss-reactive ketones (excluding diaryl/α,β-unsaturated/α-hetero) is 1. The molecule has 0 aliphatic rings. The van der Waals surface area contributed by atoms with Gasteiger partial charge in [-0.2, -0.15) is 0 Å². The van der Waals surface area contributed by atoms with E-state index < -0.39 is 12.1 Å². The zero-order valence-electron chi connectivity index (χ0n) is 13.4. The Kier molecular flexibility index (Phi) is 5.92. The Balaban J connectivity index is 1.96. The van der Waals surface area contributed by atoms with Crippen LogP contribution in [0.25, 0.3) is 0 Å². The van der Waals surface area contributed by atoms with Crippen molar-refractivity contribution in [3.8, 4) is 0 Å². The number of carbonyl (C=O) groups is 2. The quantitative estimate of drug-likeness (QED) is 0.825. The summed E-state index contributed by atoms with van der Waals surface area (Å²) in [5.74, 6) is -0.149. The van der Waals surface area contributed by atoms with Crippen molar-refractivity contribution in [1.29, 1.82) is 0 Å². The Morgan fingerprint density at radius 1 is 0.957 bits per heavy atom. The molecule has 0 spiro atoms. The molecule has 2 rings (SSSR count). The van der Waals surface area contributed by atoms with E-state index in [0.717, 1.165) is 5.56 Å². The number of ether oxygens (including phenoxy) is 1. The van der Waals surface area contributed by atoms with Gasteiger partial charge in [0.25, 0.3) is 0 Å². The van der Waals surface area contributed by atoms with Crippen LogP contribution in [-0.4, -0.2) is 17.9 Å². The highest BCUT2D eigenvalue weighted by molar-refractivity contribution is 6.01. The van der Waals surface area contributed by atoms with Gasteiger partial charge in [0.1, 0.15) is 6.61 Å². The van der Waals surface area contributed by atoms with Gasteiger partial charge in [0.2, 0.25) is 0 Å². The molecular formula is C19H21NO3. The smallest absolute Gasteiger partial charge is 0.408 e. The fraction of sp³-hybridized carbons (Fsp3) is 0.263. The number of ketones is 1. The summed E-state index contributed by atoms with van der Waals surface area (Å²) in [5.41, 5.74) is 1.48. The van der Waals surface area contributed by atoms with E-state index in [4.69, 9.17) is 4.74 Å². The summed E-state index contributed by atoms with van der Waals surface area (Å²) in [5, 5.41) is 2.67. The van der Waals surface area contributed by atoms with Crippen molar-refractivity contribution in [3.05, 3.63) is 71.8 Å². The number of hydrogen-bond donors (Lipinski definition) is 1. The highest BCUT2D eigenvalue weighted by atomic mass is 16.5. The predicted octanol–water partition coefficient (Wildman–Crippen LogP) is 3.82. The normalized spacial score (nSPS) is 11.8. The molecule has 120 valence electrons. The summed E-state index contributed by atoms with van der Waals surface area (Å²) in [6, 6.07) is 17.8. The van der Waals surface area contributed by atoms with Crippen LogP contribution in [0.1, 0.15) is 29.8 Å². The van der Waals surface area contributed by atoms with Crippen molar-refractivity contribution >= 4 is 11.9 Å². The molecule has 4 nitrogen and oxygen atoms in total. The van der Waals surface area contributed by atoms with Gasteiger partial charge in [-0.25, -0.2) is 4.79 Å². The topological polar surface area (TPSA) is 55.4 Å². The number of nitrogens with one attached hydrogen (secondary N) is 1. The van der Waals surface area contributed by atoms with Crippen molar-refractivity contribution < 1.29 is 14.3 Å². The molecule has 1 N–H and O–H groups in total. The Bertz CT molecular complexity index is 638. The summed E-state index contributed by atoms with van der Waals surface area (Å²) in [6.45, 7) is 3.96. The highest BCUT2D eigenvalue weighted by Gasteiger charge is 2.25. The van der Waals surface area contributed by atoms with Crippen molar-refractivity contribution in [2.45, 2.75) is 26.5 Å². The lowest BCUT2D eigenvalue weighted by Crippen LogP contribution is -2.44. The third-order valence-corrected chi connectivity index (χ3v) is 3.49. The van der Waals surface area contributed by atoms with Crippen LogP contribution in [0.15, 0.2) is 60.7 Å². The van der Waals surface area contributed by atoms with Crippen molar-refractivity contribution in [1.82, 2.24) is 5.32 Å². The molecule has 1 amide bonds. The summed E-state index contributed by atoms with van der Waals surface area (Å²) in [4.78, 5) is 24.5. The summed E-state index contributed by atoms with van der Waals surface area (Å²) >= 11 is 0. The molecule has 0 aliphatic carbocycles. The molecule has 1 atom stereocenters. The molecule has 1 unspecified atom stereocenters. The van der Waals surface area contributed by atoms with Gasteiger partial charge in [-0.05, 0) is 11.5 Å². The zero-order chi connectivity index (χ0) is 16.7. The molecule has 4 heteroatoms. The third-order valence-electron chi connectivity index (χ3n) is 3.49. The van der Waals surface area contributed by atoms with Gasteiger partial charge < -0.3 is 10.1 Å². The van der Waals surface area contributed by atoms with Gasteiger partial charge in [0, 0.05) is 5.56 Å². The van der Waals surface area contributed by atoms with Crippen LogP contribution in [0.3, 0.4) is 0 Å². The van der Waals surface area contributed by atoms with E-state index >= 15 is 0 Å². The van der Waals surface area contributed by atoms with E-state index in [1.165, 1.54) is 0 Å². The number of alkyl carbamates (subject to hydrolysis) is 1. The van der Waals surface area contributed by atoms with Crippen LogP contribution in [-0.2, 0) is 11.3 Å². The fourth-order valence-corrected chi connectivity index (χ4v) is 2.21. The van der Waals surface area contributed by atoms with Crippen LogP contribution in [0, 0.1) is 5.92 Å². The lowest BCUT2D eigenvalue weighted by molar-refractivity contribution is 0.0886. The van der Waals surface area contributed by atoms with Crippen LogP contribution >= 0.6 is 0 Å². The van der Waals surface area contributed by atoms with Crippen molar-refractivity contribution in [2.24, 2.45) is 5.92 Å². The number of amides is 1. The molecule has 0 radical (unpaired) electrons. The molecule has 23 heavy (non-hydrogen) atoms. The van der Waals surface area contributed by atoms with Gasteiger partial charge in [-0.15, -0.1) is 0 Å². The molecule has 0 fully saturated rings. The Morgan fingerprint density at radius 2 is 1.52 bits per heavy atom. The van der Waals surface area contributed by atoms with Crippen LogP contribution in [0.2, 0.25) is 0 Å². The number of hydrogen-bond acceptors (Lipinski definition) is 3.